The van der Waals surface area contributed by atoms with Crippen molar-refractivity contribution >= 4 is 12.0 Å². The van der Waals surface area contributed by atoms with Crippen molar-refractivity contribution in [1.29, 1.82) is 0 Å². The average Bonchev–Trinajstić information content (AvgIpc) is 3.58. The minimum Gasteiger partial charge on any atom is -0.508 e. The number of quaternary nitrogens is 1. The number of hydrogen-bond acceptors (Lipinski definition) is 10. The first-order valence-electron chi connectivity index (χ1n) is 15.8. The number of aromatic hydroxyl groups is 2. The molecule has 2 aromatic rings. The molecule has 2 aromatic carbocycles. The fraction of sp³-hybridized carbons (Fsp3) is 0.429. The first kappa shape index (κ1) is 33.3. The predicted molar refractivity (Wildman–Crippen MR) is 172 cm³/mol. The number of allylic oxidation sites excluding steroid dienone is 1. The molecule has 2 bridgehead atoms. The lowest BCUT2D eigenvalue weighted by molar-refractivity contribution is -0.885. The topological polar surface area (TPSA) is 196 Å². The normalized spacial score (nSPS) is 21.5. The average molecular weight is 632 g/mol. The third-order valence-electron chi connectivity index (χ3n) is 8.66. The number of carbonyl (C=O) groups excluding carboxylic acids is 1. The first-order valence-corrected chi connectivity index (χ1v) is 15.8. The zero-order valence-corrected chi connectivity index (χ0v) is 25.9. The third-order valence-corrected chi connectivity index (χ3v) is 8.66. The Morgan fingerprint density at radius 3 is 2.72 bits per heavy atom. The molecule has 0 saturated carbocycles. The molecule has 5 rings (SSSR count). The molecule has 0 radical (unpaired) electrons. The van der Waals surface area contributed by atoms with Crippen LogP contribution in [0.25, 0.3) is 0 Å². The summed E-state index contributed by atoms with van der Waals surface area (Å²) in [5.74, 6) is 5.47. The maximum absolute atomic E-state index is 12.6. The van der Waals surface area contributed by atoms with Crippen LogP contribution in [0.4, 0.5) is 0 Å². The number of phenols is 2. The number of rotatable bonds is 12. The molecule has 0 amide bonds. The van der Waals surface area contributed by atoms with Gasteiger partial charge in [-0.2, -0.15) is 0 Å². The van der Waals surface area contributed by atoms with E-state index < -0.39 is 30.7 Å². The molecule has 0 aliphatic carbocycles. The molecule has 11 nitrogen and oxygen atoms in total. The number of carbonyl (C=O) groups is 1. The van der Waals surface area contributed by atoms with Gasteiger partial charge in [-0.3, -0.25) is 14.7 Å². The van der Waals surface area contributed by atoms with Crippen LogP contribution in [0, 0.1) is 11.8 Å². The Balaban J connectivity index is 1.34. The standard InChI is InChI=1S/C35H42N4O7/c1-2-4-24(40)14-26(42)15-25(41)9-7-20-13-33(32(45)16-31(20)44)46-34-6-3-5-30(43)27-10-8-21(35(36)37)11-22(27)12-23-17-38-29-19-39(34)18-28(23)29/h8,10-11,13,16-17,19,24,26,30,34-35,40,42-45H,2,4,6-7,9,12,14-15,18,36-37H2,1H3/p+1/t24-,26+,30-,34+/m0/s1. The SMILES string of the molecule is CCC[C@H](O)C[C@@H](O)CC(=O)CCc1cc(O[C@@H]2CC#C[C@H](O)c3ccc(C(N)N)cc3CC3=C4C[NH+]2C=C4N=C3)c(O)cc1O. The summed E-state index contributed by atoms with van der Waals surface area (Å²) in [5.41, 5.74) is 17.4. The van der Waals surface area contributed by atoms with Gasteiger partial charge >= 0.3 is 0 Å². The Labute approximate surface area is 268 Å². The Bertz CT molecular complexity index is 1620. The van der Waals surface area contributed by atoms with Crippen LogP contribution in [-0.2, 0) is 17.6 Å². The summed E-state index contributed by atoms with van der Waals surface area (Å²) >= 11 is 0. The van der Waals surface area contributed by atoms with Gasteiger partial charge in [-0.1, -0.05) is 43.4 Å². The largest absolute Gasteiger partial charge is 0.508 e. The highest BCUT2D eigenvalue weighted by Gasteiger charge is 2.35. The number of nitrogens with zero attached hydrogens (tertiary/aromatic N) is 1. The molecule has 3 aliphatic heterocycles. The van der Waals surface area contributed by atoms with E-state index in [0.717, 1.165) is 39.3 Å². The summed E-state index contributed by atoms with van der Waals surface area (Å²) in [7, 11) is 0. The third kappa shape index (κ3) is 7.85. The van der Waals surface area contributed by atoms with Crippen LogP contribution < -0.4 is 21.1 Å². The summed E-state index contributed by atoms with van der Waals surface area (Å²) in [6.45, 7) is 2.51. The molecule has 3 aliphatic rings. The van der Waals surface area contributed by atoms with Crippen molar-refractivity contribution in [2.75, 3.05) is 6.54 Å². The van der Waals surface area contributed by atoms with Crippen molar-refractivity contribution in [3.05, 3.63) is 75.6 Å². The van der Waals surface area contributed by atoms with Crippen LogP contribution >= 0.6 is 0 Å². The monoisotopic (exact) mass is 631 g/mol. The van der Waals surface area contributed by atoms with E-state index in [-0.39, 0.29) is 55.1 Å². The maximum atomic E-state index is 12.6. The summed E-state index contributed by atoms with van der Waals surface area (Å²) in [6, 6.07) is 8.20. The highest BCUT2D eigenvalue weighted by Crippen LogP contribution is 2.35. The number of phenolic OH excluding ortho intramolecular Hbond substituents is 2. The lowest BCUT2D eigenvalue weighted by atomic mass is 9.92. The van der Waals surface area contributed by atoms with Crippen molar-refractivity contribution < 1.29 is 40.0 Å². The van der Waals surface area contributed by atoms with E-state index in [0.29, 0.717) is 30.5 Å². The molecule has 0 spiro atoms. The first-order chi connectivity index (χ1) is 22.0. The van der Waals surface area contributed by atoms with Crippen molar-refractivity contribution in [3.63, 3.8) is 0 Å². The van der Waals surface area contributed by atoms with Crippen molar-refractivity contribution in [1.82, 2.24) is 0 Å². The van der Waals surface area contributed by atoms with E-state index in [4.69, 9.17) is 16.2 Å². The van der Waals surface area contributed by atoms with E-state index in [2.05, 4.69) is 16.8 Å². The number of aliphatic hydroxyl groups excluding tert-OH is 3. The Morgan fingerprint density at radius 1 is 1.15 bits per heavy atom. The number of fused-ring (bicyclic) bond motifs is 2. The maximum Gasteiger partial charge on any atom is 0.247 e. The summed E-state index contributed by atoms with van der Waals surface area (Å²) in [6.07, 6.45) is 2.26. The van der Waals surface area contributed by atoms with E-state index in [1.165, 1.54) is 12.1 Å². The minimum atomic E-state index is -1.06. The van der Waals surface area contributed by atoms with E-state index in [1.807, 2.05) is 25.4 Å². The highest BCUT2D eigenvalue weighted by atomic mass is 16.5. The lowest BCUT2D eigenvalue weighted by Gasteiger charge is -2.23. The van der Waals surface area contributed by atoms with Crippen LogP contribution in [0.5, 0.6) is 17.2 Å². The van der Waals surface area contributed by atoms with Crippen LogP contribution in [0.1, 0.15) is 80.0 Å². The molecule has 10 N–H and O–H groups in total. The number of Topliss-reactive ketones (excluding diaryl/α,β-unsaturated/α-hetero) is 1. The van der Waals surface area contributed by atoms with Crippen LogP contribution in [0.3, 0.4) is 0 Å². The van der Waals surface area contributed by atoms with Crippen LogP contribution in [0.15, 0.2) is 58.4 Å². The number of hydrogen-bond donors (Lipinski definition) is 8. The van der Waals surface area contributed by atoms with E-state index >= 15 is 0 Å². The minimum absolute atomic E-state index is 0.0596. The van der Waals surface area contributed by atoms with Gasteiger partial charge in [0.25, 0.3) is 0 Å². The molecule has 0 saturated heterocycles. The number of benzene rings is 2. The molecule has 0 fully saturated rings. The number of ketones is 1. The zero-order chi connectivity index (χ0) is 33.0. The van der Waals surface area contributed by atoms with Gasteiger partial charge in [0.15, 0.2) is 11.5 Å². The number of aliphatic imine (C=N–C) groups is 1. The summed E-state index contributed by atoms with van der Waals surface area (Å²) in [4.78, 5) is 18.1. The molecule has 1 unspecified atom stereocenters. The van der Waals surface area contributed by atoms with Gasteiger partial charge in [0.05, 0.1) is 18.4 Å². The van der Waals surface area contributed by atoms with Gasteiger partial charge in [-0.15, -0.1) is 0 Å². The van der Waals surface area contributed by atoms with Gasteiger partial charge in [0.1, 0.15) is 42.5 Å². The number of ether oxygens (including phenoxy) is 1. The van der Waals surface area contributed by atoms with Crippen LogP contribution in [0.2, 0.25) is 0 Å². The van der Waals surface area contributed by atoms with E-state index in [9.17, 15) is 30.3 Å². The van der Waals surface area contributed by atoms with Gasteiger partial charge in [-0.25, -0.2) is 0 Å². The van der Waals surface area contributed by atoms with Crippen molar-refractivity contribution in [3.8, 4) is 29.1 Å². The molecular weight excluding hydrogens is 588 g/mol. The van der Waals surface area contributed by atoms with Gasteiger partial charge in [0, 0.05) is 30.7 Å². The van der Waals surface area contributed by atoms with Crippen molar-refractivity contribution in [2.24, 2.45) is 16.5 Å². The summed E-state index contributed by atoms with van der Waals surface area (Å²) < 4.78 is 6.33. The molecule has 5 atom stereocenters. The van der Waals surface area contributed by atoms with E-state index in [1.54, 1.807) is 12.1 Å². The smallest absolute Gasteiger partial charge is 0.247 e. The number of aliphatic hydroxyl groups is 3. The molecule has 46 heavy (non-hydrogen) atoms. The second-order valence-corrected chi connectivity index (χ2v) is 12.3. The number of nitrogens with one attached hydrogen (secondary N) is 1. The quantitative estimate of drug-likeness (QED) is 0.126. The number of nitrogens with two attached hydrogens (primary N) is 2. The Hall–Kier alpha value is -4.02. The highest BCUT2D eigenvalue weighted by molar-refractivity contribution is 5.87. The molecule has 244 valence electrons. The summed E-state index contributed by atoms with van der Waals surface area (Å²) in [5, 5.41) is 52.4. The van der Waals surface area contributed by atoms with Gasteiger partial charge in [0.2, 0.25) is 6.23 Å². The zero-order valence-electron chi connectivity index (χ0n) is 25.9. The van der Waals surface area contributed by atoms with Crippen LogP contribution in [-0.4, -0.2) is 62.5 Å². The predicted octanol–water partition coefficient (Wildman–Crippen LogP) is 1.33. The van der Waals surface area contributed by atoms with Gasteiger partial charge < -0.3 is 41.7 Å². The second-order valence-electron chi connectivity index (χ2n) is 12.3. The molecular formula is C35H43N4O7+. The number of aryl methyl sites for hydroxylation is 1. The van der Waals surface area contributed by atoms with Gasteiger partial charge in [-0.05, 0) is 59.6 Å². The fourth-order valence-corrected chi connectivity index (χ4v) is 6.15. The molecule has 0 aromatic heterocycles. The molecule has 3 heterocycles. The molecule has 11 heteroatoms. The second kappa shape index (κ2) is 14.6. The Kier molecular flexibility index (Phi) is 10.6. The Morgan fingerprint density at radius 2 is 1.96 bits per heavy atom. The lowest BCUT2D eigenvalue weighted by Crippen LogP contribution is -3.11. The fourth-order valence-electron chi connectivity index (χ4n) is 6.15. The van der Waals surface area contributed by atoms with Crippen molar-refractivity contribution in [2.45, 2.75) is 89.0 Å².